The van der Waals surface area contributed by atoms with E-state index in [2.05, 4.69) is 75.5 Å². The molecule has 0 aliphatic rings. The molecule has 4 rings (SSSR count). The molecule has 6 heteroatoms. The van der Waals surface area contributed by atoms with Gasteiger partial charge in [-0.05, 0) is 61.3 Å². The van der Waals surface area contributed by atoms with Crippen LogP contribution < -0.4 is 5.32 Å². The lowest BCUT2D eigenvalue weighted by molar-refractivity contribution is 1.07. The van der Waals surface area contributed by atoms with E-state index in [4.69, 9.17) is 4.99 Å². The van der Waals surface area contributed by atoms with Gasteiger partial charge in [-0.3, -0.25) is 15.1 Å². The summed E-state index contributed by atoms with van der Waals surface area (Å²) >= 11 is 0. The Morgan fingerprint density at radius 1 is 1.13 bits per heavy atom. The molecule has 2 heterocycles. The maximum Gasteiger partial charge on any atom is 0.130 e. The quantitative estimate of drug-likeness (QED) is 0.298. The molecular formula is C24H24N6. The molecule has 0 aliphatic heterocycles. The van der Waals surface area contributed by atoms with E-state index in [1.807, 2.05) is 25.3 Å². The van der Waals surface area contributed by atoms with Gasteiger partial charge in [-0.25, -0.2) is 0 Å². The van der Waals surface area contributed by atoms with E-state index in [9.17, 15) is 0 Å². The van der Waals surface area contributed by atoms with Crippen molar-refractivity contribution in [2.45, 2.75) is 20.4 Å². The molecule has 3 N–H and O–H groups in total. The van der Waals surface area contributed by atoms with Crippen LogP contribution >= 0.6 is 0 Å². The fraction of sp³-hybridized carbons (Fsp3) is 0.125. The Labute approximate surface area is 175 Å². The van der Waals surface area contributed by atoms with E-state index in [0.29, 0.717) is 6.54 Å². The number of aliphatic imine (C=N–C) groups is 2. The fourth-order valence-corrected chi connectivity index (χ4v) is 3.34. The summed E-state index contributed by atoms with van der Waals surface area (Å²) in [6.45, 7) is 8.16. The Morgan fingerprint density at radius 3 is 2.70 bits per heavy atom. The molecule has 0 unspecified atom stereocenters. The molecule has 0 radical (unpaired) electrons. The van der Waals surface area contributed by atoms with Gasteiger partial charge in [0.15, 0.2) is 0 Å². The first-order valence-corrected chi connectivity index (χ1v) is 9.74. The number of benzene rings is 2. The van der Waals surface area contributed by atoms with Gasteiger partial charge in [0.1, 0.15) is 5.84 Å². The van der Waals surface area contributed by atoms with Crippen LogP contribution in [-0.2, 0) is 6.54 Å². The maximum absolute atomic E-state index is 4.81. The molecule has 0 aliphatic carbocycles. The molecule has 4 aromatic rings. The number of rotatable bonds is 6. The van der Waals surface area contributed by atoms with Gasteiger partial charge in [0.2, 0.25) is 0 Å². The second-order valence-electron chi connectivity index (χ2n) is 7.22. The molecule has 2 aromatic carbocycles. The average Bonchev–Trinajstić information content (AvgIpc) is 3.40. The predicted octanol–water partition coefficient (Wildman–Crippen LogP) is 5.48. The second kappa shape index (κ2) is 8.61. The lowest BCUT2D eigenvalue weighted by atomic mass is 10.1. The number of hydrogen-bond acceptors (Lipinski definition) is 3. The number of nitrogens with zero attached hydrogens (tertiary/aromatic N) is 3. The number of aryl methyl sites for hydroxylation is 1. The zero-order valence-electron chi connectivity index (χ0n) is 17.1. The van der Waals surface area contributed by atoms with Gasteiger partial charge in [-0.15, -0.1) is 0 Å². The Bertz CT molecular complexity index is 1210. The molecule has 150 valence electrons. The van der Waals surface area contributed by atoms with Crippen LogP contribution in [0.25, 0.3) is 22.0 Å². The third-order valence-corrected chi connectivity index (χ3v) is 4.88. The highest BCUT2D eigenvalue weighted by atomic mass is 15.1. The predicted molar refractivity (Wildman–Crippen MR) is 125 cm³/mol. The Morgan fingerprint density at radius 2 is 1.97 bits per heavy atom. The third kappa shape index (κ3) is 4.38. The van der Waals surface area contributed by atoms with Gasteiger partial charge in [-0.2, -0.15) is 5.10 Å². The summed E-state index contributed by atoms with van der Waals surface area (Å²) in [7, 11) is 0. The van der Waals surface area contributed by atoms with Crippen molar-refractivity contribution in [3.05, 3.63) is 84.0 Å². The van der Waals surface area contributed by atoms with Crippen molar-refractivity contribution in [2.24, 2.45) is 9.98 Å². The molecule has 6 nitrogen and oxygen atoms in total. The van der Waals surface area contributed by atoms with E-state index in [1.165, 1.54) is 5.39 Å². The summed E-state index contributed by atoms with van der Waals surface area (Å²) in [6, 6.07) is 16.7. The van der Waals surface area contributed by atoms with E-state index in [0.717, 1.165) is 45.0 Å². The Balaban J connectivity index is 1.56. The van der Waals surface area contributed by atoms with Crippen LogP contribution in [0.5, 0.6) is 0 Å². The Hall–Kier alpha value is -3.93. The van der Waals surface area contributed by atoms with E-state index >= 15 is 0 Å². The standard InChI is InChI=1S/C24H24N6/c1-16(12-25-3)24(26-13-18-4-5-20-10-17(2)29-23(20)11-18)30-22-8-6-19(7-9-22)21-14-27-28-15-21/h4-12,14-15,29H,3,13H2,1-2H3,(H,26,30)(H,27,28)/b16-12-. The lowest BCUT2D eigenvalue weighted by Crippen LogP contribution is -2.14. The van der Waals surface area contributed by atoms with Crippen molar-refractivity contribution in [3.8, 4) is 11.1 Å². The summed E-state index contributed by atoms with van der Waals surface area (Å²) in [6.07, 6.45) is 5.39. The summed E-state index contributed by atoms with van der Waals surface area (Å²) in [5, 5.41) is 11.5. The zero-order valence-corrected chi connectivity index (χ0v) is 17.1. The summed E-state index contributed by atoms with van der Waals surface area (Å²) in [4.78, 5) is 12.1. The number of fused-ring (bicyclic) bond motifs is 1. The van der Waals surface area contributed by atoms with E-state index in [-0.39, 0.29) is 0 Å². The van der Waals surface area contributed by atoms with Crippen molar-refractivity contribution in [1.29, 1.82) is 0 Å². The number of anilines is 1. The van der Waals surface area contributed by atoms with Gasteiger partial charge in [-0.1, -0.05) is 24.3 Å². The molecule has 0 bridgehead atoms. The summed E-state index contributed by atoms with van der Waals surface area (Å²) in [5.74, 6) is 0.765. The molecule has 30 heavy (non-hydrogen) atoms. The molecule has 0 saturated heterocycles. The number of nitrogens with one attached hydrogen (secondary N) is 3. The van der Waals surface area contributed by atoms with Crippen LogP contribution in [0.2, 0.25) is 0 Å². The van der Waals surface area contributed by atoms with Crippen molar-refractivity contribution in [3.63, 3.8) is 0 Å². The second-order valence-corrected chi connectivity index (χ2v) is 7.22. The third-order valence-electron chi connectivity index (χ3n) is 4.88. The molecule has 0 amide bonds. The van der Waals surface area contributed by atoms with Crippen LogP contribution in [0.15, 0.2) is 82.7 Å². The SMILES string of the molecule is C=N/C=C(C)\C(=N/Cc1ccc2cc(C)[nH]c2c1)Nc1ccc(-c2cn[nH]c2)cc1. The number of aromatic nitrogens is 3. The Kier molecular flexibility index (Phi) is 5.57. The van der Waals surface area contributed by atoms with Gasteiger partial charge < -0.3 is 10.3 Å². The molecule has 0 fully saturated rings. The molecular weight excluding hydrogens is 372 g/mol. The van der Waals surface area contributed by atoms with E-state index in [1.54, 1.807) is 12.4 Å². The first kappa shape index (κ1) is 19.4. The number of hydrogen-bond donors (Lipinski definition) is 3. The highest BCUT2D eigenvalue weighted by molar-refractivity contribution is 6.07. The largest absolute Gasteiger partial charge is 0.359 e. The number of amidine groups is 1. The minimum absolute atomic E-state index is 0.561. The summed E-state index contributed by atoms with van der Waals surface area (Å²) in [5.41, 5.74) is 7.44. The van der Waals surface area contributed by atoms with Gasteiger partial charge >= 0.3 is 0 Å². The van der Waals surface area contributed by atoms with Crippen LogP contribution in [-0.4, -0.2) is 27.7 Å². The van der Waals surface area contributed by atoms with Crippen LogP contribution in [0, 0.1) is 6.92 Å². The van der Waals surface area contributed by atoms with Crippen molar-refractivity contribution in [1.82, 2.24) is 15.2 Å². The fourth-order valence-electron chi connectivity index (χ4n) is 3.34. The molecule has 0 atom stereocenters. The molecule has 0 saturated carbocycles. The number of H-pyrrole nitrogens is 2. The highest BCUT2D eigenvalue weighted by Gasteiger charge is 2.06. The monoisotopic (exact) mass is 396 g/mol. The van der Waals surface area contributed by atoms with Gasteiger partial charge in [0.05, 0.1) is 12.7 Å². The first-order valence-electron chi connectivity index (χ1n) is 9.74. The van der Waals surface area contributed by atoms with Crippen molar-refractivity contribution < 1.29 is 0 Å². The van der Waals surface area contributed by atoms with Crippen molar-refractivity contribution in [2.75, 3.05) is 5.32 Å². The van der Waals surface area contributed by atoms with Crippen LogP contribution in [0.4, 0.5) is 5.69 Å². The topological polar surface area (TPSA) is 81.2 Å². The van der Waals surface area contributed by atoms with Crippen LogP contribution in [0.3, 0.4) is 0 Å². The minimum atomic E-state index is 0.561. The smallest absolute Gasteiger partial charge is 0.130 e. The van der Waals surface area contributed by atoms with E-state index < -0.39 is 0 Å². The van der Waals surface area contributed by atoms with Crippen molar-refractivity contribution >= 4 is 29.1 Å². The highest BCUT2D eigenvalue weighted by Crippen LogP contribution is 2.21. The normalized spacial score (nSPS) is 12.3. The molecule has 2 aromatic heterocycles. The first-order chi connectivity index (χ1) is 14.6. The van der Waals surface area contributed by atoms with Crippen LogP contribution in [0.1, 0.15) is 18.2 Å². The van der Waals surface area contributed by atoms with Gasteiger partial charge in [0, 0.05) is 40.4 Å². The molecule has 0 spiro atoms. The number of aromatic amines is 2. The lowest BCUT2D eigenvalue weighted by Gasteiger charge is -2.11. The summed E-state index contributed by atoms with van der Waals surface area (Å²) < 4.78 is 0. The average molecular weight is 396 g/mol. The van der Waals surface area contributed by atoms with Gasteiger partial charge in [0.25, 0.3) is 0 Å². The maximum atomic E-state index is 4.81. The zero-order chi connectivity index (χ0) is 20.9. The minimum Gasteiger partial charge on any atom is -0.359 e.